The Morgan fingerprint density at radius 3 is 2.37 bits per heavy atom. The van der Waals surface area contributed by atoms with E-state index in [4.69, 9.17) is 33.2 Å². The molecule has 7 nitrogen and oxygen atoms in total. The van der Waals surface area contributed by atoms with Gasteiger partial charge in [0.1, 0.15) is 37.1 Å². The Morgan fingerprint density at radius 2 is 1.66 bits per heavy atom. The summed E-state index contributed by atoms with van der Waals surface area (Å²) in [7, 11) is 1.64. The van der Waals surface area contributed by atoms with E-state index in [0.717, 1.165) is 11.1 Å². The summed E-state index contributed by atoms with van der Waals surface area (Å²) in [5.74, 6) is 0.0553. The lowest BCUT2D eigenvalue weighted by atomic mass is 10.0. The number of benzene rings is 2. The predicted octanol–water partition coefficient (Wildman–Crippen LogP) is 4.73. The molecule has 5 rings (SSSR count). The molecule has 0 spiro atoms. The van der Waals surface area contributed by atoms with Gasteiger partial charge in [0.15, 0.2) is 23.1 Å². The number of methoxy groups -OCH3 is 1. The predicted molar refractivity (Wildman–Crippen MR) is 130 cm³/mol. The van der Waals surface area contributed by atoms with Gasteiger partial charge in [-0.3, -0.25) is 0 Å². The third kappa shape index (κ3) is 5.39. The topological polar surface area (TPSA) is 64.6 Å². The van der Waals surface area contributed by atoms with Crippen LogP contribution in [0.25, 0.3) is 6.08 Å². The van der Waals surface area contributed by atoms with Crippen molar-refractivity contribution < 1.29 is 33.2 Å². The molecule has 35 heavy (non-hydrogen) atoms. The first-order valence-corrected chi connectivity index (χ1v) is 12.1. The summed E-state index contributed by atoms with van der Waals surface area (Å²) in [6.07, 6.45) is 2.80. The first kappa shape index (κ1) is 24.3. The van der Waals surface area contributed by atoms with Gasteiger partial charge in [-0.25, -0.2) is 0 Å². The van der Waals surface area contributed by atoms with E-state index >= 15 is 0 Å². The van der Waals surface area contributed by atoms with E-state index < -0.39 is 11.6 Å². The van der Waals surface area contributed by atoms with Crippen LogP contribution in [0.4, 0.5) is 0 Å². The van der Waals surface area contributed by atoms with Crippen LogP contribution in [0, 0.1) is 0 Å². The highest BCUT2D eigenvalue weighted by atomic mass is 16.8. The molecule has 0 amide bonds. The highest BCUT2D eigenvalue weighted by Gasteiger charge is 2.58. The molecular weight excluding hydrogens is 448 g/mol. The summed E-state index contributed by atoms with van der Waals surface area (Å²) in [5.41, 5.74) is 2.07. The molecule has 188 valence electrons. The molecule has 3 aliphatic rings. The zero-order valence-corrected chi connectivity index (χ0v) is 20.9. The summed E-state index contributed by atoms with van der Waals surface area (Å²) in [6.45, 7) is 8.61. The van der Waals surface area contributed by atoms with Crippen molar-refractivity contribution in [2.24, 2.45) is 0 Å². The van der Waals surface area contributed by atoms with E-state index in [9.17, 15) is 0 Å². The van der Waals surface area contributed by atoms with Crippen molar-refractivity contribution in [1.82, 2.24) is 0 Å². The number of hydrogen-bond acceptors (Lipinski definition) is 7. The maximum atomic E-state index is 6.39. The van der Waals surface area contributed by atoms with Gasteiger partial charge in [0.2, 0.25) is 0 Å². The summed E-state index contributed by atoms with van der Waals surface area (Å²) in [6, 6.07) is 15.9. The quantitative estimate of drug-likeness (QED) is 0.566. The second-order valence-electron chi connectivity index (χ2n) is 10.0. The van der Waals surface area contributed by atoms with Crippen LogP contribution in [-0.2, 0) is 30.3 Å². The molecule has 2 aromatic rings. The first-order valence-electron chi connectivity index (χ1n) is 12.1. The fourth-order valence-electron chi connectivity index (χ4n) is 4.84. The van der Waals surface area contributed by atoms with Gasteiger partial charge in [0, 0.05) is 0 Å². The van der Waals surface area contributed by atoms with Crippen molar-refractivity contribution in [3.05, 3.63) is 65.7 Å². The third-order valence-corrected chi connectivity index (χ3v) is 6.43. The summed E-state index contributed by atoms with van der Waals surface area (Å²) >= 11 is 0. The molecular formula is C28H34O7. The zero-order chi connectivity index (χ0) is 24.6. The fraction of sp³-hybridized carbons (Fsp3) is 0.500. The number of rotatable bonds is 7. The standard InChI is InChI=1S/C28H34O7/c1-27(2)31-17-23(33-27)24-26-25(34-28(3,4)35-26)21(32-24)14-12-18-11-13-20(22(15-18)29-5)30-16-19-9-7-6-8-10-19/h6-15,21,23-26H,16-17H2,1-5H3/b14-12+/t21-,23-,24-,25-,26+/m1/s1. The Kier molecular flexibility index (Phi) is 6.63. The van der Waals surface area contributed by atoms with Crippen molar-refractivity contribution in [1.29, 1.82) is 0 Å². The van der Waals surface area contributed by atoms with Crippen molar-refractivity contribution in [3.8, 4) is 11.5 Å². The molecule has 0 N–H and O–H groups in total. The lowest BCUT2D eigenvalue weighted by Gasteiger charge is -2.26. The lowest BCUT2D eigenvalue weighted by molar-refractivity contribution is -0.201. The fourth-order valence-corrected chi connectivity index (χ4v) is 4.84. The minimum Gasteiger partial charge on any atom is -0.493 e. The van der Waals surface area contributed by atoms with E-state index in [2.05, 4.69) is 0 Å². The minimum absolute atomic E-state index is 0.213. The molecule has 0 aromatic heterocycles. The summed E-state index contributed by atoms with van der Waals surface area (Å²) in [4.78, 5) is 0. The molecule has 0 saturated carbocycles. The molecule has 7 heteroatoms. The molecule has 3 aliphatic heterocycles. The Labute approximate surface area is 206 Å². The second-order valence-corrected chi connectivity index (χ2v) is 10.0. The van der Waals surface area contributed by atoms with E-state index in [1.807, 2.05) is 88.4 Å². The number of fused-ring (bicyclic) bond motifs is 1. The van der Waals surface area contributed by atoms with Gasteiger partial charge in [0.05, 0.1) is 13.7 Å². The normalized spacial score (nSPS) is 31.1. The smallest absolute Gasteiger partial charge is 0.164 e. The molecule has 3 saturated heterocycles. The van der Waals surface area contributed by atoms with Gasteiger partial charge in [-0.1, -0.05) is 48.6 Å². The SMILES string of the molecule is COc1cc(/C=C/[C@H]2O[C@H]([C@H]3COC(C)(C)O3)[C@@H]3OC(C)(C)O[C@@H]32)ccc1OCc1ccccc1. The van der Waals surface area contributed by atoms with Gasteiger partial charge in [-0.05, 0) is 51.0 Å². The van der Waals surface area contributed by atoms with Gasteiger partial charge >= 0.3 is 0 Å². The van der Waals surface area contributed by atoms with Gasteiger partial charge in [-0.15, -0.1) is 0 Å². The van der Waals surface area contributed by atoms with Crippen molar-refractivity contribution in [2.45, 2.75) is 76.4 Å². The molecule has 0 radical (unpaired) electrons. The van der Waals surface area contributed by atoms with Crippen LogP contribution in [0.1, 0.15) is 38.8 Å². The van der Waals surface area contributed by atoms with Crippen LogP contribution in [0.15, 0.2) is 54.6 Å². The maximum absolute atomic E-state index is 6.39. The molecule has 0 aliphatic carbocycles. The highest BCUT2D eigenvalue weighted by molar-refractivity contribution is 5.56. The second kappa shape index (κ2) is 9.56. The molecule has 2 aromatic carbocycles. The van der Waals surface area contributed by atoms with Crippen LogP contribution in [0.3, 0.4) is 0 Å². The van der Waals surface area contributed by atoms with Crippen LogP contribution >= 0.6 is 0 Å². The minimum atomic E-state index is -0.681. The number of ether oxygens (including phenoxy) is 7. The molecule has 5 atom stereocenters. The average molecular weight is 483 g/mol. The van der Waals surface area contributed by atoms with E-state index in [-0.39, 0.29) is 30.5 Å². The summed E-state index contributed by atoms with van der Waals surface area (Å²) in [5, 5.41) is 0. The van der Waals surface area contributed by atoms with E-state index in [0.29, 0.717) is 24.7 Å². The van der Waals surface area contributed by atoms with Gasteiger partial charge < -0.3 is 33.2 Å². The Balaban J connectivity index is 1.29. The summed E-state index contributed by atoms with van der Waals surface area (Å²) < 4.78 is 42.2. The van der Waals surface area contributed by atoms with Crippen LogP contribution < -0.4 is 9.47 Å². The van der Waals surface area contributed by atoms with Crippen molar-refractivity contribution in [3.63, 3.8) is 0 Å². The van der Waals surface area contributed by atoms with Crippen LogP contribution in [0.5, 0.6) is 11.5 Å². The monoisotopic (exact) mass is 482 g/mol. The lowest BCUT2D eigenvalue weighted by Crippen LogP contribution is -2.40. The van der Waals surface area contributed by atoms with E-state index in [1.165, 1.54) is 0 Å². The van der Waals surface area contributed by atoms with Crippen LogP contribution in [-0.4, -0.2) is 55.8 Å². The Morgan fingerprint density at radius 1 is 0.886 bits per heavy atom. The molecule has 0 unspecified atom stereocenters. The van der Waals surface area contributed by atoms with Crippen molar-refractivity contribution in [2.75, 3.05) is 13.7 Å². The van der Waals surface area contributed by atoms with Crippen LogP contribution in [0.2, 0.25) is 0 Å². The zero-order valence-electron chi connectivity index (χ0n) is 20.9. The first-order chi connectivity index (χ1) is 16.7. The average Bonchev–Trinajstić information content (AvgIpc) is 3.46. The Hall–Kier alpha value is -2.42. The largest absolute Gasteiger partial charge is 0.493 e. The highest BCUT2D eigenvalue weighted by Crippen LogP contribution is 2.42. The molecule has 3 heterocycles. The van der Waals surface area contributed by atoms with Gasteiger partial charge in [0.25, 0.3) is 0 Å². The van der Waals surface area contributed by atoms with Crippen molar-refractivity contribution >= 4 is 6.08 Å². The third-order valence-electron chi connectivity index (χ3n) is 6.43. The van der Waals surface area contributed by atoms with E-state index in [1.54, 1.807) is 7.11 Å². The number of hydrogen-bond donors (Lipinski definition) is 0. The Bertz CT molecular complexity index is 1050. The molecule has 0 bridgehead atoms. The molecule has 3 fully saturated rings. The maximum Gasteiger partial charge on any atom is 0.164 e. The van der Waals surface area contributed by atoms with Gasteiger partial charge in [-0.2, -0.15) is 0 Å².